The highest BCUT2D eigenvalue weighted by Gasteiger charge is 2.09. The number of benzene rings is 2. The minimum absolute atomic E-state index is 0.523. The largest absolute Gasteiger partial charge is 0.497 e. The van der Waals surface area contributed by atoms with Gasteiger partial charge in [-0.15, -0.1) is 0 Å². The monoisotopic (exact) mass is 281 g/mol. The van der Waals surface area contributed by atoms with E-state index in [-0.39, 0.29) is 0 Å². The van der Waals surface area contributed by atoms with Crippen LogP contribution in [-0.4, -0.2) is 24.1 Å². The molecule has 2 aromatic carbocycles. The molecule has 5 nitrogen and oxygen atoms in total. The first-order valence-corrected chi connectivity index (χ1v) is 6.56. The van der Waals surface area contributed by atoms with Crippen LogP contribution >= 0.6 is 0 Å². The maximum atomic E-state index is 5.89. The molecule has 5 heteroatoms. The van der Waals surface area contributed by atoms with Crippen molar-refractivity contribution in [3.8, 4) is 17.4 Å². The minimum Gasteiger partial charge on any atom is -0.497 e. The van der Waals surface area contributed by atoms with Gasteiger partial charge in [0, 0.05) is 7.05 Å². The van der Waals surface area contributed by atoms with Crippen molar-refractivity contribution in [1.82, 2.24) is 9.97 Å². The smallest absolute Gasteiger partial charge is 0.231 e. The first-order chi connectivity index (χ1) is 10.3. The van der Waals surface area contributed by atoms with Crippen LogP contribution in [0.15, 0.2) is 48.5 Å². The number of nitrogens with one attached hydrogen (secondary N) is 1. The van der Waals surface area contributed by atoms with Gasteiger partial charge in [-0.3, -0.25) is 0 Å². The molecule has 0 spiro atoms. The highest BCUT2D eigenvalue weighted by atomic mass is 16.5. The van der Waals surface area contributed by atoms with Crippen LogP contribution < -0.4 is 14.8 Å². The summed E-state index contributed by atoms with van der Waals surface area (Å²) >= 11 is 0. The van der Waals surface area contributed by atoms with Crippen molar-refractivity contribution in [2.24, 2.45) is 0 Å². The Morgan fingerprint density at radius 3 is 2.33 bits per heavy atom. The van der Waals surface area contributed by atoms with E-state index in [1.807, 2.05) is 48.5 Å². The van der Waals surface area contributed by atoms with Gasteiger partial charge in [0.1, 0.15) is 11.5 Å². The Morgan fingerprint density at radius 2 is 1.62 bits per heavy atom. The fraction of sp³-hybridized carbons (Fsp3) is 0.125. The summed E-state index contributed by atoms with van der Waals surface area (Å²) in [5.41, 5.74) is 0.834. The average molecular weight is 281 g/mol. The molecule has 0 amide bonds. The van der Waals surface area contributed by atoms with E-state index in [1.54, 1.807) is 14.2 Å². The summed E-state index contributed by atoms with van der Waals surface area (Å²) in [5, 5.41) is 3.81. The van der Waals surface area contributed by atoms with Gasteiger partial charge >= 0.3 is 0 Å². The van der Waals surface area contributed by atoms with Gasteiger partial charge in [0.25, 0.3) is 0 Å². The summed E-state index contributed by atoms with van der Waals surface area (Å²) < 4.78 is 11.0. The zero-order chi connectivity index (χ0) is 14.7. The van der Waals surface area contributed by atoms with Gasteiger partial charge in [-0.1, -0.05) is 12.1 Å². The molecular weight excluding hydrogens is 266 g/mol. The Balaban J connectivity index is 2.01. The van der Waals surface area contributed by atoms with Gasteiger partial charge in [-0.05, 0) is 36.4 Å². The first-order valence-electron chi connectivity index (χ1n) is 6.56. The number of nitrogens with zero attached hydrogens (tertiary/aromatic N) is 2. The van der Waals surface area contributed by atoms with Crippen LogP contribution in [0.3, 0.4) is 0 Å². The lowest BCUT2D eigenvalue weighted by Gasteiger charge is -2.10. The van der Waals surface area contributed by atoms with Crippen molar-refractivity contribution in [1.29, 1.82) is 0 Å². The van der Waals surface area contributed by atoms with E-state index in [0.717, 1.165) is 16.7 Å². The lowest BCUT2D eigenvalue weighted by Crippen LogP contribution is -1.99. The summed E-state index contributed by atoms with van der Waals surface area (Å²) in [6.45, 7) is 0. The first kappa shape index (κ1) is 13.2. The normalized spacial score (nSPS) is 10.4. The number of para-hydroxylation sites is 1. The van der Waals surface area contributed by atoms with Gasteiger partial charge in [0.15, 0.2) is 0 Å². The lowest BCUT2D eigenvalue weighted by atomic mass is 10.2. The third kappa shape index (κ3) is 2.72. The molecule has 0 unspecified atom stereocenters. The van der Waals surface area contributed by atoms with Gasteiger partial charge in [0.2, 0.25) is 11.8 Å². The molecule has 3 rings (SSSR count). The second-order valence-corrected chi connectivity index (χ2v) is 4.40. The quantitative estimate of drug-likeness (QED) is 0.793. The maximum absolute atomic E-state index is 5.89. The third-order valence-corrected chi connectivity index (χ3v) is 3.07. The number of methoxy groups -OCH3 is 1. The Morgan fingerprint density at radius 1 is 0.905 bits per heavy atom. The second-order valence-electron chi connectivity index (χ2n) is 4.40. The summed E-state index contributed by atoms with van der Waals surface area (Å²) in [6, 6.07) is 15.1. The van der Waals surface area contributed by atoms with E-state index in [9.17, 15) is 0 Å². The predicted molar refractivity (Wildman–Crippen MR) is 82.2 cm³/mol. The molecule has 0 fully saturated rings. The van der Waals surface area contributed by atoms with Crippen molar-refractivity contribution < 1.29 is 9.47 Å². The standard InChI is InChI=1S/C16H15N3O2/c1-17-16-18-14-6-4-3-5-13(14)15(19-16)21-12-9-7-11(20-2)8-10-12/h3-10H,1-2H3,(H,17,18,19). The highest BCUT2D eigenvalue weighted by Crippen LogP contribution is 2.29. The molecule has 0 bridgehead atoms. The topological polar surface area (TPSA) is 56.3 Å². The number of rotatable bonds is 4. The summed E-state index contributed by atoms with van der Waals surface area (Å²) in [5.74, 6) is 2.53. The lowest BCUT2D eigenvalue weighted by molar-refractivity contribution is 0.412. The molecule has 0 radical (unpaired) electrons. The molecule has 0 saturated heterocycles. The van der Waals surface area contributed by atoms with Crippen LogP contribution in [0.4, 0.5) is 5.95 Å². The molecule has 106 valence electrons. The molecule has 1 aromatic heterocycles. The van der Waals surface area contributed by atoms with Crippen molar-refractivity contribution in [3.05, 3.63) is 48.5 Å². The number of anilines is 1. The van der Waals surface area contributed by atoms with E-state index < -0.39 is 0 Å². The van der Waals surface area contributed by atoms with E-state index >= 15 is 0 Å². The molecule has 1 N–H and O–H groups in total. The van der Waals surface area contributed by atoms with Gasteiger partial charge in [0.05, 0.1) is 18.0 Å². The number of hydrogen-bond donors (Lipinski definition) is 1. The zero-order valence-electron chi connectivity index (χ0n) is 11.8. The molecule has 0 aliphatic carbocycles. The van der Waals surface area contributed by atoms with Crippen molar-refractivity contribution in [2.45, 2.75) is 0 Å². The van der Waals surface area contributed by atoms with E-state index in [2.05, 4.69) is 15.3 Å². The molecular formula is C16H15N3O2. The molecule has 1 heterocycles. The SMILES string of the molecule is CNc1nc(Oc2ccc(OC)cc2)c2ccccc2n1. The summed E-state index contributed by atoms with van der Waals surface area (Å²) in [4.78, 5) is 8.78. The van der Waals surface area contributed by atoms with Crippen molar-refractivity contribution >= 4 is 16.9 Å². The zero-order valence-corrected chi connectivity index (χ0v) is 11.8. The Kier molecular flexibility index (Phi) is 3.55. The molecule has 21 heavy (non-hydrogen) atoms. The molecule has 3 aromatic rings. The fourth-order valence-electron chi connectivity index (χ4n) is 1.99. The van der Waals surface area contributed by atoms with Crippen LogP contribution in [0, 0.1) is 0 Å². The number of aromatic nitrogens is 2. The van der Waals surface area contributed by atoms with Gasteiger partial charge in [-0.2, -0.15) is 4.98 Å². The van der Waals surface area contributed by atoms with E-state index in [0.29, 0.717) is 17.6 Å². The van der Waals surface area contributed by atoms with Gasteiger partial charge < -0.3 is 14.8 Å². The second kappa shape index (κ2) is 5.66. The van der Waals surface area contributed by atoms with Crippen molar-refractivity contribution in [2.75, 3.05) is 19.5 Å². The Bertz CT molecular complexity index is 757. The predicted octanol–water partition coefficient (Wildman–Crippen LogP) is 3.47. The molecule has 0 atom stereocenters. The number of ether oxygens (including phenoxy) is 2. The molecule has 0 saturated carbocycles. The van der Waals surface area contributed by atoms with Crippen LogP contribution in [0.1, 0.15) is 0 Å². The number of fused-ring (bicyclic) bond motifs is 1. The average Bonchev–Trinajstić information content (AvgIpc) is 2.55. The van der Waals surface area contributed by atoms with Crippen LogP contribution in [0.2, 0.25) is 0 Å². The molecule has 0 aliphatic rings. The van der Waals surface area contributed by atoms with Crippen LogP contribution in [-0.2, 0) is 0 Å². The Labute approximate surface area is 122 Å². The highest BCUT2D eigenvalue weighted by molar-refractivity contribution is 5.84. The minimum atomic E-state index is 0.523. The summed E-state index contributed by atoms with van der Waals surface area (Å²) in [7, 11) is 3.41. The molecule has 0 aliphatic heterocycles. The maximum Gasteiger partial charge on any atom is 0.231 e. The Hall–Kier alpha value is -2.82. The third-order valence-electron chi connectivity index (χ3n) is 3.07. The number of hydrogen-bond acceptors (Lipinski definition) is 5. The fourth-order valence-corrected chi connectivity index (χ4v) is 1.99. The van der Waals surface area contributed by atoms with Crippen LogP contribution in [0.25, 0.3) is 10.9 Å². The summed E-state index contributed by atoms with van der Waals surface area (Å²) in [6.07, 6.45) is 0. The van der Waals surface area contributed by atoms with Crippen molar-refractivity contribution in [3.63, 3.8) is 0 Å². The van der Waals surface area contributed by atoms with E-state index in [1.165, 1.54) is 0 Å². The van der Waals surface area contributed by atoms with Crippen LogP contribution in [0.5, 0.6) is 17.4 Å². The van der Waals surface area contributed by atoms with Gasteiger partial charge in [-0.25, -0.2) is 4.98 Å². The van der Waals surface area contributed by atoms with E-state index in [4.69, 9.17) is 9.47 Å².